The number of anilines is 1. The lowest BCUT2D eigenvalue weighted by Gasteiger charge is -2.32. The molecule has 0 saturated carbocycles. The van der Waals surface area contributed by atoms with Gasteiger partial charge in [-0.3, -0.25) is 10.1 Å². The normalized spacial score (nSPS) is 20.6. The molecule has 0 fully saturated rings. The van der Waals surface area contributed by atoms with E-state index >= 15 is 0 Å². The maximum atomic E-state index is 12.2. The number of ether oxygens (including phenoxy) is 1. The zero-order valence-corrected chi connectivity index (χ0v) is 18.3. The summed E-state index contributed by atoms with van der Waals surface area (Å²) in [5.74, 6) is 0.719. The van der Waals surface area contributed by atoms with Gasteiger partial charge in [-0.15, -0.1) is 11.8 Å². The number of halogens is 1. The standard InChI is InChI=1S/C24H21ClN2O3S/c1-30-20-13-7-17(8-14-20)24-23(27(28)29)21(26-19-11-9-18(25)10-12-19)15-22(31-24)16-5-3-2-4-6-16/h2-15,21,23-24,26H,1H3/t21-,23-,24+/m0/s1. The zero-order chi connectivity index (χ0) is 21.8. The number of nitro groups is 1. The van der Waals surface area contributed by atoms with E-state index in [0.29, 0.717) is 5.02 Å². The van der Waals surface area contributed by atoms with Gasteiger partial charge in [-0.25, -0.2) is 0 Å². The fraction of sp³-hybridized carbons (Fsp3) is 0.167. The summed E-state index contributed by atoms with van der Waals surface area (Å²) < 4.78 is 5.26. The van der Waals surface area contributed by atoms with Crippen LogP contribution in [0.1, 0.15) is 16.4 Å². The number of benzene rings is 3. The molecule has 1 aliphatic rings. The Bertz CT molecular complexity index is 1070. The number of hydrogen-bond donors (Lipinski definition) is 1. The number of nitrogens with zero attached hydrogens (tertiary/aromatic N) is 1. The Labute approximate surface area is 190 Å². The van der Waals surface area contributed by atoms with Crippen LogP contribution in [0.15, 0.2) is 84.9 Å². The van der Waals surface area contributed by atoms with Gasteiger partial charge in [0.05, 0.1) is 7.11 Å². The number of methoxy groups -OCH3 is 1. The lowest BCUT2D eigenvalue weighted by Crippen LogP contribution is -2.43. The highest BCUT2D eigenvalue weighted by molar-refractivity contribution is 8.08. The Morgan fingerprint density at radius 1 is 1.00 bits per heavy atom. The summed E-state index contributed by atoms with van der Waals surface area (Å²) in [6.45, 7) is 0. The van der Waals surface area contributed by atoms with Gasteiger partial charge in [0.15, 0.2) is 0 Å². The molecule has 3 aromatic carbocycles. The highest BCUT2D eigenvalue weighted by Gasteiger charge is 2.44. The van der Waals surface area contributed by atoms with Gasteiger partial charge < -0.3 is 10.1 Å². The van der Waals surface area contributed by atoms with Gasteiger partial charge in [0.25, 0.3) is 6.04 Å². The minimum Gasteiger partial charge on any atom is -0.497 e. The zero-order valence-electron chi connectivity index (χ0n) is 16.8. The molecular formula is C24H21ClN2O3S. The Hall–Kier alpha value is -2.96. The van der Waals surface area contributed by atoms with Crippen molar-refractivity contribution in [3.63, 3.8) is 0 Å². The van der Waals surface area contributed by atoms with Crippen LogP contribution in [-0.4, -0.2) is 24.1 Å². The highest BCUT2D eigenvalue weighted by atomic mass is 35.5. The van der Waals surface area contributed by atoms with Crippen LogP contribution in [0.25, 0.3) is 4.91 Å². The van der Waals surface area contributed by atoms with Crippen LogP contribution >= 0.6 is 23.4 Å². The summed E-state index contributed by atoms with van der Waals surface area (Å²) in [7, 11) is 1.60. The van der Waals surface area contributed by atoms with E-state index in [1.165, 1.54) is 11.8 Å². The maximum Gasteiger partial charge on any atom is 0.252 e. The number of hydrogen-bond acceptors (Lipinski definition) is 5. The van der Waals surface area contributed by atoms with Crippen molar-refractivity contribution in [1.82, 2.24) is 0 Å². The average molecular weight is 453 g/mol. The second-order valence-corrected chi connectivity index (χ2v) is 8.78. The van der Waals surface area contributed by atoms with Crippen LogP contribution in [0, 0.1) is 10.1 Å². The van der Waals surface area contributed by atoms with Crippen molar-refractivity contribution in [1.29, 1.82) is 0 Å². The molecule has 3 aromatic rings. The van der Waals surface area contributed by atoms with Crippen LogP contribution in [-0.2, 0) is 0 Å². The molecule has 0 aromatic heterocycles. The molecule has 4 rings (SSSR count). The van der Waals surface area contributed by atoms with Crippen LogP contribution < -0.4 is 10.1 Å². The smallest absolute Gasteiger partial charge is 0.252 e. The van der Waals surface area contributed by atoms with Gasteiger partial charge in [0.1, 0.15) is 17.0 Å². The van der Waals surface area contributed by atoms with Gasteiger partial charge in [0, 0.05) is 20.5 Å². The van der Waals surface area contributed by atoms with Crippen LogP contribution in [0.5, 0.6) is 5.75 Å². The third kappa shape index (κ3) is 4.86. The summed E-state index contributed by atoms with van der Waals surface area (Å²) >= 11 is 7.53. The van der Waals surface area contributed by atoms with Gasteiger partial charge in [-0.2, -0.15) is 0 Å². The molecule has 0 radical (unpaired) electrons. The lowest BCUT2D eigenvalue weighted by atomic mass is 9.96. The second-order valence-electron chi connectivity index (χ2n) is 7.16. The molecule has 0 saturated heterocycles. The second kappa shape index (κ2) is 9.45. The van der Waals surface area contributed by atoms with E-state index in [9.17, 15) is 10.1 Å². The quantitative estimate of drug-likeness (QED) is 0.351. The molecule has 31 heavy (non-hydrogen) atoms. The minimum absolute atomic E-state index is 0.187. The van der Waals surface area contributed by atoms with Crippen LogP contribution in [0.3, 0.4) is 0 Å². The van der Waals surface area contributed by atoms with Gasteiger partial charge >= 0.3 is 0 Å². The van der Waals surface area contributed by atoms with Gasteiger partial charge in [0.2, 0.25) is 0 Å². The molecule has 0 spiro atoms. The first-order chi connectivity index (χ1) is 15.0. The number of rotatable bonds is 6. The van der Waals surface area contributed by atoms with E-state index < -0.39 is 12.1 Å². The van der Waals surface area contributed by atoms with Crippen molar-refractivity contribution < 1.29 is 9.66 Å². The molecule has 0 amide bonds. The van der Waals surface area contributed by atoms with Crippen molar-refractivity contribution in [2.75, 3.05) is 12.4 Å². The van der Waals surface area contributed by atoms with E-state index in [0.717, 1.165) is 27.5 Å². The summed E-state index contributed by atoms with van der Waals surface area (Å²) in [5, 5.41) is 15.8. The van der Waals surface area contributed by atoms with Crippen molar-refractivity contribution in [2.24, 2.45) is 0 Å². The van der Waals surface area contributed by atoms with Gasteiger partial charge in [-0.1, -0.05) is 54.1 Å². The van der Waals surface area contributed by atoms with Gasteiger partial charge in [-0.05, 0) is 53.6 Å². The minimum atomic E-state index is -0.860. The van der Waals surface area contributed by atoms with Crippen molar-refractivity contribution in [2.45, 2.75) is 17.3 Å². The number of thioether (sulfide) groups is 1. The molecule has 5 nitrogen and oxygen atoms in total. The summed E-state index contributed by atoms with van der Waals surface area (Å²) in [4.78, 5) is 13.1. The summed E-state index contributed by atoms with van der Waals surface area (Å²) in [6.07, 6.45) is 1.96. The largest absolute Gasteiger partial charge is 0.497 e. The average Bonchev–Trinajstić information content (AvgIpc) is 2.80. The predicted octanol–water partition coefficient (Wildman–Crippen LogP) is 6.30. The van der Waals surface area contributed by atoms with E-state index in [4.69, 9.17) is 16.3 Å². The van der Waals surface area contributed by atoms with Crippen LogP contribution in [0.2, 0.25) is 5.02 Å². The Morgan fingerprint density at radius 2 is 1.68 bits per heavy atom. The molecule has 0 bridgehead atoms. The molecule has 7 heteroatoms. The molecule has 0 aliphatic carbocycles. The molecule has 0 unspecified atom stereocenters. The van der Waals surface area contributed by atoms with Crippen LogP contribution in [0.4, 0.5) is 5.69 Å². The Kier molecular flexibility index (Phi) is 6.49. The molecule has 158 valence electrons. The summed E-state index contributed by atoms with van der Waals surface area (Å²) in [6, 6.07) is 23.3. The first-order valence-corrected chi connectivity index (χ1v) is 11.0. The van der Waals surface area contributed by atoms with Crippen molar-refractivity contribution in [3.8, 4) is 5.75 Å². The molecular weight excluding hydrogens is 432 g/mol. The fourth-order valence-electron chi connectivity index (χ4n) is 3.63. The number of nitrogens with one attached hydrogen (secondary N) is 1. The predicted molar refractivity (Wildman–Crippen MR) is 127 cm³/mol. The van der Waals surface area contributed by atoms with Crippen molar-refractivity contribution in [3.05, 3.63) is 111 Å². The van der Waals surface area contributed by atoms with E-state index in [1.54, 1.807) is 19.2 Å². The first kappa shape index (κ1) is 21.3. The third-order valence-corrected chi connectivity index (χ3v) is 6.87. The van der Waals surface area contributed by atoms with E-state index in [1.807, 2.05) is 72.8 Å². The first-order valence-electron chi connectivity index (χ1n) is 9.78. The SMILES string of the molecule is COc1ccc([C@H]2SC(c3ccccc3)=C[C@H](Nc3ccc(Cl)cc3)[C@@H]2[N+](=O)[O-])cc1. The summed E-state index contributed by atoms with van der Waals surface area (Å²) in [5.41, 5.74) is 2.71. The van der Waals surface area contributed by atoms with E-state index in [-0.39, 0.29) is 10.2 Å². The van der Waals surface area contributed by atoms with Crippen molar-refractivity contribution >= 4 is 34.0 Å². The lowest BCUT2D eigenvalue weighted by molar-refractivity contribution is -0.523. The highest BCUT2D eigenvalue weighted by Crippen LogP contribution is 2.48. The van der Waals surface area contributed by atoms with E-state index in [2.05, 4.69) is 5.32 Å². The monoisotopic (exact) mass is 452 g/mol. The maximum absolute atomic E-state index is 12.2. The molecule has 1 aliphatic heterocycles. The topological polar surface area (TPSA) is 64.4 Å². The molecule has 1 heterocycles. The Morgan fingerprint density at radius 3 is 2.29 bits per heavy atom. The fourth-order valence-corrected chi connectivity index (χ4v) is 5.23. The third-order valence-electron chi connectivity index (χ3n) is 5.19. The molecule has 3 atom stereocenters. The molecule has 1 N–H and O–H groups in total. The Balaban J connectivity index is 1.76.